The molecule has 1 fully saturated rings. The molecule has 0 radical (unpaired) electrons. The Morgan fingerprint density at radius 2 is 2.04 bits per heavy atom. The molecule has 3 heterocycles. The Morgan fingerprint density at radius 1 is 1.18 bits per heavy atom. The van der Waals surface area contributed by atoms with Gasteiger partial charge in [-0.05, 0) is 44.0 Å². The van der Waals surface area contributed by atoms with Gasteiger partial charge in [0.15, 0.2) is 5.82 Å². The molecule has 2 aromatic heterocycles. The molecule has 1 amide bonds. The van der Waals surface area contributed by atoms with Crippen LogP contribution in [-0.2, 0) is 4.79 Å². The minimum absolute atomic E-state index is 0.108. The number of hydrogen-bond acceptors (Lipinski definition) is 5. The summed E-state index contributed by atoms with van der Waals surface area (Å²) in [5, 5.41) is 0. The van der Waals surface area contributed by atoms with Crippen molar-refractivity contribution < 1.29 is 4.79 Å². The summed E-state index contributed by atoms with van der Waals surface area (Å²) >= 11 is 0. The quantitative estimate of drug-likeness (QED) is 0.665. The molecule has 0 spiro atoms. The van der Waals surface area contributed by atoms with Crippen molar-refractivity contribution in [2.75, 3.05) is 19.3 Å². The number of nitrogens with two attached hydrogens (primary N) is 1. The molecular formula is C22H21N5O. The molecule has 1 aromatic carbocycles. The first-order valence-corrected chi connectivity index (χ1v) is 9.29. The monoisotopic (exact) mass is 371 g/mol. The third-order valence-corrected chi connectivity index (χ3v) is 4.89. The zero-order chi connectivity index (χ0) is 19.7. The van der Waals surface area contributed by atoms with Crippen LogP contribution in [-0.4, -0.2) is 39.4 Å². The van der Waals surface area contributed by atoms with Gasteiger partial charge in [-0.15, -0.1) is 0 Å². The number of anilines is 1. The van der Waals surface area contributed by atoms with Crippen LogP contribution in [0.15, 0.2) is 36.4 Å². The predicted octanol–water partition coefficient (Wildman–Crippen LogP) is 2.80. The molecule has 1 unspecified atom stereocenters. The molecule has 3 aromatic rings. The summed E-state index contributed by atoms with van der Waals surface area (Å²) in [5.41, 5.74) is 9.90. The lowest BCUT2D eigenvalue weighted by molar-refractivity contribution is -0.134. The van der Waals surface area contributed by atoms with Gasteiger partial charge in [0.05, 0.1) is 17.1 Å². The molecule has 6 heteroatoms. The van der Waals surface area contributed by atoms with Crippen LogP contribution in [0, 0.1) is 24.7 Å². The van der Waals surface area contributed by atoms with Crippen LogP contribution in [0.4, 0.5) is 5.82 Å². The topological polar surface area (TPSA) is 85.0 Å². The Kier molecular flexibility index (Phi) is 4.66. The van der Waals surface area contributed by atoms with Crippen LogP contribution in [0.2, 0.25) is 0 Å². The summed E-state index contributed by atoms with van der Waals surface area (Å²) in [6.45, 7) is 2.62. The van der Waals surface area contributed by atoms with Crippen molar-refractivity contribution >= 4 is 22.8 Å². The van der Waals surface area contributed by atoms with Gasteiger partial charge in [-0.3, -0.25) is 4.79 Å². The number of carbonyl (C=O) groups is 1. The van der Waals surface area contributed by atoms with Crippen molar-refractivity contribution in [2.24, 2.45) is 5.92 Å². The summed E-state index contributed by atoms with van der Waals surface area (Å²) in [6, 6.07) is 11.6. The minimum Gasteiger partial charge on any atom is -0.382 e. The maximum Gasteiger partial charge on any atom is 0.237 e. The van der Waals surface area contributed by atoms with Crippen LogP contribution in [0.5, 0.6) is 0 Å². The second-order valence-corrected chi connectivity index (χ2v) is 7.03. The molecule has 140 valence electrons. The van der Waals surface area contributed by atoms with Gasteiger partial charge in [0, 0.05) is 24.7 Å². The number of aryl methyl sites for hydroxylation is 1. The molecule has 1 atom stereocenters. The van der Waals surface area contributed by atoms with E-state index in [-0.39, 0.29) is 11.8 Å². The number of hydrogen-bond donors (Lipinski definition) is 1. The van der Waals surface area contributed by atoms with Crippen LogP contribution in [0.1, 0.15) is 24.2 Å². The molecule has 2 N–H and O–H groups in total. The van der Waals surface area contributed by atoms with Gasteiger partial charge in [-0.25, -0.2) is 15.0 Å². The van der Waals surface area contributed by atoms with E-state index in [0.29, 0.717) is 17.2 Å². The number of benzene rings is 1. The highest BCUT2D eigenvalue weighted by Crippen LogP contribution is 2.23. The molecule has 28 heavy (non-hydrogen) atoms. The number of aromatic nitrogens is 3. The molecule has 0 bridgehead atoms. The van der Waals surface area contributed by atoms with Gasteiger partial charge in [0.25, 0.3) is 0 Å². The van der Waals surface area contributed by atoms with Gasteiger partial charge >= 0.3 is 0 Å². The fourth-order valence-corrected chi connectivity index (χ4v) is 3.41. The Labute approximate surface area is 163 Å². The van der Waals surface area contributed by atoms with E-state index in [2.05, 4.69) is 26.8 Å². The van der Waals surface area contributed by atoms with Gasteiger partial charge < -0.3 is 10.6 Å². The molecule has 1 aliphatic heterocycles. The normalized spacial score (nSPS) is 16.7. The van der Waals surface area contributed by atoms with Crippen molar-refractivity contribution in [3.8, 4) is 23.1 Å². The van der Waals surface area contributed by atoms with E-state index < -0.39 is 0 Å². The highest BCUT2D eigenvalue weighted by atomic mass is 16.2. The van der Waals surface area contributed by atoms with Gasteiger partial charge in [-0.1, -0.05) is 24.0 Å². The van der Waals surface area contributed by atoms with Crippen LogP contribution < -0.4 is 5.73 Å². The molecule has 6 nitrogen and oxygen atoms in total. The van der Waals surface area contributed by atoms with Crippen molar-refractivity contribution in [2.45, 2.75) is 19.8 Å². The lowest BCUT2D eigenvalue weighted by Gasteiger charge is -2.26. The summed E-state index contributed by atoms with van der Waals surface area (Å²) < 4.78 is 0. The zero-order valence-electron chi connectivity index (χ0n) is 15.9. The van der Waals surface area contributed by atoms with Gasteiger partial charge in [0.2, 0.25) is 5.91 Å². The lowest BCUT2D eigenvalue weighted by Crippen LogP contribution is -2.37. The highest BCUT2D eigenvalue weighted by Gasteiger charge is 2.24. The third kappa shape index (κ3) is 3.52. The first-order valence-electron chi connectivity index (χ1n) is 9.29. The highest BCUT2D eigenvalue weighted by molar-refractivity contribution is 5.86. The summed E-state index contributed by atoms with van der Waals surface area (Å²) in [5.74, 6) is 7.18. The number of piperidine rings is 1. The van der Waals surface area contributed by atoms with E-state index in [4.69, 9.17) is 5.73 Å². The second kappa shape index (κ2) is 7.28. The maximum atomic E-state index is 12.2. The van der Waals surface area contributed by atoms with Crippen molar-refractivity contribution in [3.05, 3.63) is 47.8 Å². The third-order valence-electron chi connectivity index (χ3n) is 4.89. The Balaban J connectivity index is 1.65. The standard InChI is InChI=1S/C22H21N5O/c1-14-24-19-11-10-18(26-20(19)21(23)25-14)17-6-3-5-15(13-17)8-9-16-7-4-12-27(2)22(16)28/h3,5-6,10-11,13,16H,4,7,12H2,1-2H3,(H2,23,24,25). The number of nitrogens with zero attached hydrogens (tertiary/aromatic N) is 4. The Hall–Kier alpha value is -3.46. The predicted molar refractivity (Wildman–Crippen MR) is 109 cm³/mol. The van der Waals surface area contributed by atoms with Gasteiger partial charge in [-0.2, -0.15) is 0 Å². The fourth-order valence-electron chi connectivity index (χ4n) is 3.41. The largest absolute Gasteiger partial charge is 0.382 e. The number of fused-ring (bicyclic) bond motifs is 1. The van der Waals surface area contributed by atoms with Crippen molar-refractivity contribution in [1.82, 2.24) is 19.9 Å². The summed E-state index contributed by atoms with van der Waals surface area (Å²) in [4.78, 5) is 27.2. The fraction of sp³-hybridized carbons (Fsp3) is 0.273. The first kappa shape index (κ1) is 17.9. The number of nitrogen functional groups attached to an aromatic ring is 1. The number of carbonyl (C=O) groups excluding carboxylic acids is 1. The molecule has 4 rings (SSSR count). The lowest BCUT2D eigenvalue weighted by atomic mass is 9.97. The van der Waals surface area contributed by atoms with Gasteiger partial charge in [0.1, 0.15) is 11.3 Å². The van der Waals surface area contributed by atoms with Crippen LogP contribution >= 0.6 is 0 Å². The average molecular weight is 371 g/mol. The molecule has 1 saturated heterocycles. The molecule has 0 aliphatic carbocycles. The summed E-state index contributed by atoms with van der Waals surface area (Å²) in [6.07, 6.45) is 1.81. The number of pyridine rings is 1. The first-order chi connectivity index (χ1) is 13.5. The molecule has 0 saturated carbocycles. The van der Waals surface area contributed by atoms with Crippen LogP contribution in [0.3, 0.4) is 0 Å². The van der Waals surface area contributed by atoms with E-state index in [1.54, 1.807) is 11.8 Å². The van der Waals surface area contributed by atoms with E-state index in [1.165, 1.54) is 0 Å². The minimum atomic E-state index is -0.221. The Morgan fingerprint density at radius 3 is 2.89 bits per heavy atom. The maximum absolute atomic E-state index is 12.2. The Bertz CT molecular complexity index is 1130. The number of amides is 1. The zero-order valence-corrected chi connectivity index (χ0v) is 15.9. The van der Waals surface area contributed by atoms with E-state index in [9.17, 15) is 4.79 Å². The van der Waals surface area contributed by atoms with E-state index >= 15 is 0 Å². The second-order valence-electron chi connectivity index (χ2n) is 7.03. The van der Waals surface area contributed by atoms with E-state index in [0.717, 1.165) is 41.7 Å². The smallest absolute Gasteiger partial charge is 0.237 e. The number of likely N-dealkylation sites (tertiary alicyclic amines) is 1. The van der Waals surface area contributed by atoms with Crippen molar-refractivity contribution in [3.63, 3.8) is 0 Å². The van der Waals surface area contributed by atoms with E-state index in [1.807, 2.05) is 43.4 Å². The SMILES string of the molecule is Cc1nc(N)c2nc(-c3cccc(C#CC4CCCN(C)C4=O)c3)ccc2n1. The summed E-state index contributed by atoms with van der Waals surface area (Å²) in [7, 11) is 1.83. The average Bonchev–Trinajstić information content (AvgIpc) is 2.69. The number of rotatable bonds is 1. The molecule has 1 aliphatic rings. The van der Waals surface area contributed by atoms with Crippen molar-refractivity contribution in [1.29, 1.82) is 0 Å². The molecular weight excluding hydrogens is 350 g/mol. The van der Waals surface area contributed by atoms with Crippen LogP contribution in [0.25, 0.3) is 22.3 Å².